The minimum absolute atomic E-state index is 0.628. The highest BCUT2D eigenvalue weighted by Gasteiger charge is 2.21. The van der Waals surface area contributed by atoms with Gasteiger partial charge in [0.2, 0.25) is 0 Å². The van der Waals surface area contributed by atoms with Crippen molar-refractivity contribution in [3.63, 3.8) is 0 Å². The standard InChI is InChI=1S/C20H15BO/c22-21(19-13-5-9-15-7-1-3-11-17(15)19)20-14-6-10-16-8-2-4-12-18(16)20/h1-14,22H. The van der Waals surface area contributed by atoms with Crippen LogP contribution >= 0.6 is 0 Å². The van der Waals surface area contributed by atoms with E-state index in [4.69, 9.17) is 0 Å². The van der Waals surface area contributed by atoms with Gasteiger partial charge in [-0.1, -0.05) is 84.9 Å². The fourth-order valence-corrected chi connectivity index (χ4v) is 3.15. The monoisotopic (exact) mass is 282 g/mol. The lowest BCUT2D eigenvalue weighted by molar-refractivity contribution is 0.601. The molecule has 0 saturated carbocycles. The maximum atomic E-state index is 11.0. The Morgan fingerprint density at radius 1 is 0.500 bits per heavy atom. The molecule has 4 aromatic rings. The summed E-state index contributed by atoms with van der Waals surface area (Å²) in [6.07, 6.45) is 0. The fraction of sp³-hybridized carbons (Fsp3) is 0. The molecule has 0 spiro atoms. The molecule has 0 aromatic heterocycles. The van der Waals surface area contributed by atoms with Crippen molar-refractivity contribution in [3.05, 3.63) is 84.9 Å². The highest BCUT2D eigenvalue weighted by molar-refractivity contribution is 6.82. The van der Waals surface area contributed by atoms with Crippen molar-refractivity contribution < 1.29 is 5.02 Å². The van der Waals surface area contributed by atoms with E-state index in [2.05, 4.69) is 36.4 Å². The molecule has 0 unspecified atom stereocenters. The lowest BCUT2D eigenvalue weighted by atomic mass is 9.54. The van der Waals surface area contributed by atoms with Gasteiger partial charge in [0.05, 0.1) is 0 Å². The van der Waals surface area contributed by atoms with Crippen LogP contribution in [0.3, 0.4) is 0 Å². The maximum absolute atomic E-state index is 11.0. The first-order chi connectivity index (χ1) is 10.8. The van der Waals surface area contributed by atoms with Crippen LogP contribution in [0.4, 0.5) is 0 Å². The molecule has 1 nitrogen and oxygen atoms in total. The molecule has 1 N–H and O–H groups in total. The van der Waals surface area contributed by atoms with Crippen molar-refractivity contribution >= 4 is 39.4 Å². The Morgan fingerprint density at radius 3 is 1.41 bits per heavy atom. The molecule has 4 aromatic carbocycles. The van der Waals surface area contributed by atoms with Crippen LogP contribution in [0.5, 0.6) is 0 Å². The molecule has 4 rings (SSSR count). The molecule has 0 radical (unpaired) electrons. The van der Waals surface area contributed by atoms with Crippen molar-refractivity contribution in [2.75, 3.05) is 0 Å². The van der Waals surface area contributed by atoms with Gasteiger partial charge in [-0.25, -0.2) is 0 Å². The van der Waals surface area contributed by atoms with Gasteiger partial charge in [0.15, 0.2) is 0 Å². The van der Waals surface area contributed by atoms with E-state index in [-0.39, 0.29) is 0 Å². The molecule has 0 atom stereocenters. The zero-order valence-electron chi connectivity index (χ0n) is 12.1. The predicted octanol–water partition coefficient (Wildman–Crippen LogP) is 3.09. The highest BCUT2D eigenvalue weighted by atomic mass is 16.2. The van der Waals surface area contributed by atoms with Gasteiger partial charge in [-0.2, -0.15) is 0 Å². The first-order valence-corrected chi connectivity index (χ1v) is 7.48. The molecule has 0 bridgehead atoms. The van der Waals surface area contributed by atoms with Crippen LogP contribution < -0.4 is 10.9 Å². The lowest BCUT2D eigenvalue weighted by Gasteiger charge is -2.13. The number of hydrogen-bond acceptors (Lipinski definition) is 1. The van der Waals surface area contributed by atoms with Crippen molar-refractivity contribution in [3.8, 4) is 0 Å². The zero-order chi connectivity index (χ0) is 14.9. The van der Waals surface area contributed by atoms with Gasteiger partial charge in [0.25, 0.3) is 0 Å². The summed E-state index contributed by atoms with van der Waals surface area (Å²) in [5.74, 6) is 0. The Hall–Kier alpha value is -2.58. The molecular weight excluding hydrogens is 267 g/mol. The number of benzene rings is 4. The van der Waals surface area contributed by atoms with Gasteiger partial charge in [-0.15, -0.1) is 0 Å². The van der Waals surface area contributed by atoms with Crippen LogP contribution in [0.15, 0.2) is 84.9 Å². The Morgan fingerprint density at radius 2 is 0.909 bits per heavy atom. The Labute approximate surface area is 130 Å². The fourth-order valence-electron chi connectivity index (χ4n) is 3.15. The van der Waals surface area contributed by atoms with Crippen molar-refractivity contribution in [2.45, 2.75) is 0 Å². The number of fused-ring (bicyclic) bond motifs is 2. The topological polar surface area (TPSA) is 20.2 Å². The number of hydrogen-bond donors (Lipinski definition) is 1. The third kappa shape index (κ3) is 2.09. The van der Waals surface area contributed by atoms with E-state index in [1.807, 2.05) is 48.5 Å². The molecule has 0 aliphatic heterocycles. The van der Waals surface area contributed by atoms with Crippen LogP contribution in [-0.4, -0.2) is 11.9 Å². The third-order valence-corrected chi connectivity index (χ3v) is 4.24. The Bertz CT molecular complexity index is 872. The summed E-state index contributed by atoms with van der Waals surface area (Å²) in [7, 11) is 0. The number of rotatable bonds is 2. The van der Waals surface area contributed by atoms with E-state index in [0.29, 0.717) is 0 Å². The third-order valence-electron chi connectivity index (χ3n) is 4.24. The van der Waals surface area contributed by atoms with E-state index in [1.54, 1.807) is 0 Å². The molecule has 0 fully saturated rings. The largest absolute Gasteiger partial charge is 0.443 e. The predicted molar refractivity (Wildman–Crippen MR) is 95.1 cm³/mol. The van der Waals surface area contributed by atoms with E-state index >= 15 is 0 Å². The van der Waals surface area contributed by atoms with E-state index < -0.39 is 6.92 Å². The second kappa shape index (κ2) is 5.32. The SMILES string of the molecule is OB(c1cccc2ccccc12)c1cccc2ccccc12. The molecule has 22 heavy (non-hydrogen) atoms. The molecule has 0 aliphatic carbocycles. The second-order valence-electron chi connectivity index (χ2n) is 5.54. The van der Waals surface area contributed by atoms with Gasteiger partial charge >= 0.3 is 6.92 Å². The summed E-state index contributed by atoms with van der Waals surface area (Å²) in [5, 5.41) is 15.5. The quantitative estimate of drug-likeness (QED) is 0.560. The van der Waals surface area contributed by atoms with E-state index in [1.165, 1.54) is 0 Å². The molecule has 0 aliphatic rings. The van der Waals surface area contributed by atoms with Gasteiger partial charge in [-0.05, 0) is 32.5 Å². The summed E-state index contributed by atoms with van der Waals surface area (Å²) in [6.45, 7) is -0.628. The van der Waals surface area contributed by atoms with Crippen molar-refractivity contribution in [2.24, 2.45) is 0 Å². The van der Waals surface area contributed by atoms with E-state index in [9.17, 15) is 5.02 Å². The van der Waals surface area contributed by atoms with E-state index in [0.717, 1.165) is 32.5 Å². The Kier molecular flexibility index (Phi) is 3.17. The molecule has 0 heterocycles. The maximum Gasteiger partial charge on any atom is 0.360 e. The average Bonchev–Trinajstić information content (AvgIpc) is 2.60. The van der Waals surface area contributed by atoms with Crippen molar-refractivity contribution in [1.29, 1.82) is 0 Å². The van der Waals surface area contributed by atoms with Crippen LogP contribution in [0.2, 0.25) is 0 Å². The molecular formula is C20H15BO. The second-order valence-corrected chi connectivity index (χ2v) is 5.54. The smallest absolute Gasteiger partial charge is 0.360 e. The van der Waals surface area contributed by atoms with Crippen molar-refractivity contribution in [1.82, 2.24) is 0 Å². The minimum atomic E-state index is -0.628. The van der Waals surface area contributed by atoms with Crippen LogP contribution in [-0.2, 0) is 0 Å². The summed E-state index contributed by atoms with van der Waals surface area (Å²) in [5.41, 5.74) is 1.91. The van der Waals surface area contributed by atoms with Gasteiger partial charge in [0.1, 0.15) is 0 Å². The van der Waals surface area contributed by atoms with Crippen LogP contribution in [0.25, 0.3) is 21.5 Å². The Balaban J connectivity index is 1.94. The molecule has 0 saturated heterocycles. The normalized spacial score (nSPS) is 11.0. The molecule has 2 heteroatoms. The average molecular weight is 282 g/mol. The zero-order valence-corrected chi connectivity index (χ0v) is 12.1. The molecule has 104 valence electrons. The summed E-state index contributed by atoms with van der Waals surface area (Å²) >= 11 is 0. The van der Waals surface area contributed by atoms with Gasteiger partial charge in [0, 0.05) is 0 Å². The van der Waals surface area contributed by atoms with Crippen LogP contribution in [0, 0.1) is 0 Å². The minimum Gasteiger partial charge on any atom is -0.443 e. The first kappa shape index (κ1) is 13.1. The summed E-state index contributed by atoms with van der Waals surface area (Å²) < 4.78 is 0. The van der Waals surface area contributed by atoms with Gasteiger partial charge < -0.3 is 5.02 Å². The van der Waals surface area contributed by atoms with Gasteiger partial charge in [-0.3, -0.25) is 0 Å². The molecule has 0 amide bonds. The highest BCUT2D eigenvalue weighted by Crippen LogP contribution is 2.14. The van der Waals surface area contributed by atoms with Crippen LogP contribution in [0.1, 0.15) is 0 Å². The summed E-state index contributed by atoms with van der Waals surface area (Å²) in [4.78, 5) is 0. The lowest BCUT2D eigenvalue weighted by Crippen LogP contribution is -2.43. The summed E-state index contributed by atoms with van der Waals surface area (Å²) in [6, 6.07) is 28.6. The first-order valence-electron chi connectivity index (χ1n) is 7.48.